The summed E-state index contributed by atoms with van der Waals surface area (Å²) in [5.41, 5.74) is 1.58. The third kappa shape index (κ3) is 4.29. The number of piperidine rings is 1. The van der Waals surface area contributed by atoms with Crippen molar-refractivity contribution in [3.63, 3.8) is 0 Å². The molecule has 1 unspecified atom stereocenters. The summed E-state index contributed by atoms with van der Waals surface area (Å²) >= 11 is 0. The number of benzene rings is 1. The van der Waals surface area contributed by atoms with E-state index in [0.29, 0.717) is 5.92 Å². The molecule has 3 heteroatoms. The first-order valence-electron chi connectivity index (χ1n) is 8.16. The number of nitrogens with one attached hydrogen (secondary N) is 1. The Labute approximate surface area is 128 Å². The molecule has 0 amide bonds. The van der Waals surface area contributed by atoms with Crippen LogP contribution in [0.25, 0.3) is 0 Å². The van der Waals surface area contributed by atoms with Crippen LogP contribution in [-0.2, 0) is 10.3 Å². The van der Waals surface area contributed by atoms with Gasteiger partial charge in [-0.25, -0.2) is 0 Å². The van der Waals surface area contributed by atoms with Crippen molar-refractivity contribution in [1.29, 1.82) is 0 Å². The van der Waals surface area contributed by atoms with Crippen LogP contribution in [-0.4, -0.2) is 31.9 Å². The number of ether oxygens (including phenoxy) is 1. The van der Waals surface area contributed by atoms with Crippen LogP contribution in [0.3, 0.4) is 0 Å². The van der Waals surface area contributed by atoms with Gasteiger partial charge in [0.05, 0.1) is 5.60 Å². The van der Waals surface area contributed by atoms with Gasteiger partial charge >= 0.3 is 0 Å². The number of hydrogen-bond donors (Lipinski definition) is 2. The smallest absolute Gasteiger partial charge is 0.0936 e. The van der Waals surface area contributed by atoms with Gasteiger partial charge in [0.1, 0.15) is 0 Å². The molecule has 1 aromatic rings. The molecule has 0 spiro atoms. The van der Waals surface area contributed by atoms with Gasteiger partial charge in [-0.1, -0.05) is 29.8 Å². The van der Waals surface area contributed by atoms with Crippen LogP contribution in [0.5, 0.6) is 0 Å². The Morgan fingerprint density at radius 2 is 2.24 bits per heavy atom. The minimum atomic E-state index is -0.715. The Kier molecular flexibility index (Phi) is 6.22. The van der Waals surface area contributed by atoms with E-state index in [-0.39, 0.29) is 0 Å². The monoisotopic (exact) mass is 291 g/mol. The number of hydrogen-bond acceptors (Lipinski definition) is 3. The minimum Gasteiger partial charge on any atom is -0.385 e. The van der Waals surface area contributed by atoms with Crippen molar-refractivity contribution in [3.8, 4) is 0 Å². The van der Waals surface area contributed by atoms with E-state index in [1.54, 1.807) is 7.11 Å². The number of aliphatic hydroxyl groups is 1. The highest BCUT2D eigenvalue weighted by atomic mass is 16.5. The van der Waals surface area contributed by atoms with Gasteiger partial charge < -0.3 is 15.2 Å². The number of methoxy groups -OCH3 is 1. The van der Waals surface area contributed by atoms with Crippen molar-refractivity contribution in [2.45, 2.75) is 44.6 Å². The molecular weight excluding hydrogens is 262 g/mol. The first-order valence-corrected chi connectivity index (χ1v) is 8.16. The van der Waals surface area contributed by atoms with Gasteiger partial charge in [-0.3, -0.25) is 0 Å². The molecule has 1 aromatic carbocycles. The summed E-state index contributed by atoms with van der Waals surface area (Å²) in [5, 5.41) is 14.9. The topological polar surface area (TPSA) is 41.5 Å². The van der Waals surface area contributed by atoms with E-state index in [9.17, 15) is 5.11 Å². The van der Waals surface area contributed by atoms with Crippen molar-refractivity contribution in [2.75, 3.05) is 26.8 Å². The van der Waals surface area contributed by atoms with Crippen LogP contribution < -0.4 is 5.32 Å². The molecule has 2 atom stereocenters. The average Bonchev–Trinajstić information content (AvgIpc) is 2.52. The van der Waals surface area contributed by atoms with Gasteiger partial charge in [-0.05, 0) is 51.1 Å². The fourth-order valence-electron chi connectivity index (χ4n) is 3.40. The number of rotatable bonds is 7. The highest BCUT2D eigenvalue weighted by Gasteiger charge is 2.38. The second-order valence-corrected chi connectivity index (χ2v) is 6.29. The third-order valence-electron chi connectivity index (χ3n) is 4.65. The summed E-state index contributed by atoms with van der Waals surface area (Å²) in [6.45, 7) is 4.85. The fourth-order valence-corrected chi connectivity index (χ4v) is 3.40. The van der Waals surface area contributed by atoms with Crippen LogP contribution in [0.2, 0.25) is 0 Å². The molecule has 1 aliphatic heterocycles. The summed E-state index contributed by atoms with van der Waals surface area (Å²) in [6.07, 6.45) is 5.06. The second-order valence-electron chi connectivity index (χ2n) is 6.29. The van der Waals surface area contributed by atoms with E-state index < -0.39 is 5.60 Å². The predicted molar refractivity (Wildman–Crippen MR) is 86.4 cm³/mol. The Balaban J connectivity index is 2.15. The Morgan fingerprint density at radius 1 is 1.38 bits per heavy atom. The maximum absolute atomic E-state index is 11.5. The van der Waals surface area contributed by atoms with Crippen molar-refractivity contribution in [3.05, 3.63) is 35.4 Å². The number of unbranched alkanes of at least 4 members (excludes halogenated alkanes) is 1. The van der Waals surface area contributed by atoms with Crippen molar-refractivity contribution < 1.29 is 9.84 Å². The van der Waals surface area contributed by atoms with Crippen LogP contribution >= 0.6 is 0 Å². The molecule has 2 N–H and O–H groups in total. The molecule has 0 bridgehead atoms. The Morgan fingerprint density at radius 3 is 2.90 bits per heavy atom. The van der Waals surface area contributed by atoms with E-state index in [4.69, 9.17) is 4.74 Å². The summed E-state index contributed by atoms with van der Waals surface area (Å²) in [6, 6.07) is 8.37. The normalized spacial score (nSPS) is 22.0. The summed E-state index contributed by atoms with van der Waals surface area (Å²) in [7, 11) is 1.73. The molecule has 1 heterocycles. The van der Waals surface area contributed by atoms with E-state index >= 15 is 0 Å². The van der Waals surface area contributed by atoms with Crippen LogP contribution in [0.1, 0.15) is 43.2 Å². The van der Waals surface area contributed by atoms with Crippen LogP contribution in [0.15, 0.2) is 24.3 Å². The molecule has 0 radical (unpaired) electrons. The quantitative estimate of drug-likeness (QED) is 0.759. The maximum atomic E-state index is 11.5. The van der Waals surface area contributed by atoms with E-state index in [2.05, 4.69) is 36.5 Å². The van der Waals surface area contributed by atoms with Gasteiger partial charge in [0.15, 0.2) is 0 Å². The molecule has 2 rings (SSSR count). The van der Waals surface area contributed by atoms with Gasteiger partial charge in [0, 0.05) is 26.2 Å². The molecule has 118 valence electrons. The lowest BCUT2D eigenvalue weighted by Crippen LogP contribution is -2.44. The largest absolute Gasteiger partial charge is 0.385 e. The Bertz CT molecular complexity index is 429. The highest BCUT2D eigenvalue weighted by molar-refractivity contribution is 5.28. The molecule has 1 aliphatic rings. The lowest BCUT2D eigenvalue weighted by Gasteiger charge is -2.39. The zero-order chi connectivity index (χ0) is 15.1. The summed E-state index contributed by atoms with van der Waals surface area (Å²) in [5.74, 6) is 0.301. The van der Waals surface area contributed by atoms with Crippen molar-refractivity contribution in [2.24, 2.45) is 5.92 Å². The zero-order valence-corrected chi connectivity index (χ0v) is 13.4. The van der Waals surface area contributed by atoms with E-state index in [1.165, 1.54) is 5.56 Å². The van der Waals surface area contributed by atoms with Crippen molar-refractivity contribution >= 4 is 0 Å². The SMILES string of the molecule is COCCCC[C@@](O)(c1cccc(C)c1)C1CCCNC1. The maximum Gasteiger partial charge on any atom is 0.0936 e. The molecule has 0 aliphatic carbocycles. The highest BCUT2D eigenvalue weighted by Crippen LogP contribution is 2.38. The minimum absolute atomic E-state index is 0.301. The van der Waals surface area contributed by atoms with Gasteiger partial charge in [0.25, 0.3) is 0 Å². The number of aryl methyl sites for hydroxylation is 1. The van der Waals surface area contributed by atoms with Crippen LogP contribution in [0, 0.1) is 12.8 Å². The summed E-state index contributed by atoms with van der Waals surface area (Å²) < 4.78 is 5.13. The molecule has 3 nitrogen and oxygen atoms in total. The molecule has 0 aromatic heterocycles. The lowest BCUT2D eigenvalue weighted by atomic mass is 9.74. The zero-order valence-electron chi connectivity index (χ0n) is 13.4. The lowest BCUT2D eigenvalue weighted by molar-refractivity contribution is -0.0434. The first-order chi connectivity index (χ1) is 10.2. The Hall–Kier alpha value is -0.900. The molecule has 0 saturated carbocycles. The molecule has 1 fully saturated rings. The fraction of sp³-hybridized carbons (Fsp3) is 0.667. The van der Waals surface area contributed by atoms with Gasteiger partial charge in [-0.2, -0.15) is 0 Å². The molecule has 1 saturated heterocycles. The van der Waals surface area contributed by atoms with Crippen LogP contribution in [0.4, 0.5) is 0 Å². The molecular formula is C18H29NO2. The summed E-state index contributed by atoms with van der Waals surface area (Å²) in [4.78, 5) is 0. The average molecular weight is 291 g/mol. The predicted octanol–water partition coefficient (Wildman–Crippen LogP) is 3.00. The third-order valence-corrected chi connectivity index (χ3v) is 4.65. The standard InChI is InChI=1S/C18H29NO2/c1-15-7-5-8-16(13-15)18(20,10-3-4-12-21-2)17-9-6-11-19-14-17/h5,7-8,13,17,19-20H,3-4,6,9-12,14H2,1-2H3/t17?,18-/m1/s1. The van der Waals surface area contributed by atoms with E-state index in [1.807, 2.05) is 0 Å². The van der Waals surface area contributed by atoms with Gasteiger partial charge in [-0.15, -0.1) is 0 Å². The van der Waals surface area contributed by atoms with E-state index in [0.717, 1.165) is 57.4 Å². The first kappa shape index (κ1) is 16.5. The second kappa shape index (κ2) is 7.92. The molecule has 21 heavy (non-hydrogen) atoms. The van der Waals surface area contributed by atoms with Gasteiger partial charge in [0.2, 0.25) is 0 Å². The van der Waals surface area contributed by atoms with Crippen molar-refractivity contribution in [1.82, 2.24) is 5.32 Å².